The van der Waals surface area contributed by atoms with E-state index in [1.54, 1.807) is 0 Å². The minimum Gasteiger partial charge on any atom is -0.355 e. The van der Waals surface area contributed by atoms with Crippen molar-refractivity contribution in [2.24, 2.45) is 0 Å². The van der Waals surface area contributed by atoms with Crippen LogP contribution in [0.5, 0.6) is 0 Å². The molecule has 0 unspecified atom stereocenters. The lowest BCUT2D eigenvalue weighted by Crippen LogP contribution is -2.28. The average molecular weight is 364 g/mol. The van der Waals surface area contributed by atoms with Crippen LogP contribution in [0.15, 0.2) is 71.7 Å². The van der Waals surface area contributed by atoms with Gasteiger partial charge in [-0.1, -0.05) is 54.2 Å². The molecule has 2 bridgehead atoms. The third-order valence-corrected chi connectivity index (χ3v) is 6.25. The van der Waals surface area contributed by atoms with E-state index in [0.29, 0.717) is 0 Å². The number of aromatic nitrogens is 2. The molecule has 2 N–H and O–H groups in total. The Hall–Kier alpha value is -3.17. The molecular formula is C24H16N2S. The van der Waals surface area contributed by atoms with Crippen LogP contribution in [0.1, 0.15) is 0 Å². The lowest BCUT2D eigenvalue weighted by Gasteiger charge is -2.07. The SMILES string of the molecule is C1=CC2=CC=c3[nH]c4ccccc4c3=CC(=c3c([nH]c4ccccc34)=C1)S2. The van der Waals surface area contributed by atoms with Crippen LogP contribution in [0.4, 0.5) is 0 Å². The standard InChI is InChI=1S/C24H16N2S/c1-3-9-19-16(7-1)18-14-23-24-17-8-2-4-10-20(17)26-22(24)11-5-6-15(27-23)12-13-21(18)25-19/h1-14,25-26H. The minimum atomic E-state index is 1.16. The van der Waals surface area contributed by atoms with Crippen molar-refractivity contribution in [2.45, 2.75) is 0 Å². The molecule has 4 aromatic rings. The molecule has 0 fully saturated rings. The lowest BCUT2D eigenvalue weighted by atomic mass is 10.1. The molecule has 2 aliphatic heterocycles. The molecule has 0 spiro atoms. The van der Waals surface area contributed by atoms with E-state index >= 15 is 0 Å². The predicted octanol–water partition coefficient (Wildman–Crippen LogP) is 3.00. The Morgan fingerprint density at radius 2 is 1.44 bits per heavy atom. The number of thioether (sulfide) groups is 1. The van der Waals surface area contributed by atoms with Crippen molar-refractivity contribution in [1.82, 2.24) is 9.97 Å². The number of benzene rings is 2. The maximum atomic E-state index is 3.58. The van der Waals surface area contributed by atoms with Crippen LogP contribution in [-0.4, -0.2) is 9.97 Å². The number of H-pyrrole nitrogens is 2. The fraction of sp³-hybridized carbons (Fsp3) is 0. The molecular weight excluding hydrogens is 348 g/mol. The lowest BCUT2D eigenvalue weighted by molar-refractivity contribution is 1.35. The molecule has 0 saturated heterocycles. The Morgan fingerprint density at radius 1 is 0.704 bits per heavy atom. The first kappa shape index (κ1) is 14.9. The second-order valence-corrected chi connectivity index (χ2v) is 7.94. The second-order valence-electron chi connectivity index (χ2n) is 6.83. The number of nitrogens with one attached hydrogen (secondary N) is 2. The summed E-state index contributed by atoms with van der Waals surface area (Å²) in [6, 6.07) is 17.1. The number of para-hydroxylation sites is 2. The van der Waals surface area contributed by atoms with Gasteiger partial charge in [0.15, 0.2) is 0 Å². The van der Waals surface area contributed by atoms with Gasteiger partial charge in [-0.05, 0) is 42.5 Å². The number of hydrogen-bond acceptors (Lipinski definition) is 1. The summed E-state index contributed by atoms with van der Waals surface area (Å²) in [5.41, 5.74) is 2.35. The highest BCUT2D eigenvalue weighted by atomic mass is 32.2. The molecule has 27 heavy (non-hydrogen) atoms. The molecule has 0 atom stereocenters. The Morgan fingerprint density at radius 3 is 2.33 bits per heavy atom. The second kappa shape index (κ2) is 5.66. The molecule has 0 saturated carbocycles. The van der Waals surface area contributed by atoms with E-state index in [1.165, 1.54) is 42.1 Å². The molecule has 0 radical (unpaired) electrons. The van der Waals surface area contributed by atoms with Crippen molar-refractivity contribution in [3.63, 3.8) is 0 Å². The third-order valence-electron chi connectivity index (χ3n) is 5.20. The number of allylic oxidation sites excluding steroid dienone is 3. The zero-order chi connectivity index (χ0) is 17.8. The third kappa shape index (κ3) is 2.29. The van der Waals surface area contributed by atoms with Crippen molar-refractivity contribution >= 4 is 56.7 Å². The summed E-state index contributed by atoms with van der Waals surface area (Å²) >= 11 is 1.83. The maximum absolute atomic E-state index is 3.58. The van der Waals surface area contributed by atoms with Crippen molar-refractivity contribution < 1.29 is 0 Å². The zero-order valence-electron chi connectivity index (χ0n) is 14.5. The molecule has 4 heterocycles. The first-order chi connectivity index (χ1) is 13.4. The maximum Gasteiger partial charge on any atom is 0.0476 e. The molecule has 2 nitrogen and oxygen atoms in total. The number of hydrogen-bond donors (Lipinski definition) is 2. The average Bonchev–Trinajstić information content (AvgIpc) is 3.19. The summed E-state index contributed by atoms with van der Waals surface area (Å²) in [5.74, 6) is 0. The van der Waals surface area contributed by atoms with Gasteiger partial charge in [-0.25, -0.2) is 0 Å². The topological polar surface area (TPSA) is 31.6 Å². The minimum absolute atomic E-state index is 1.16. The Balaban J connectivity index is 1.89. The van der Waals surface area contributed by atoms with E-state index in [1.807, 2.05) is 11.8 Å². The van der Waals surface area contributed by atoms with Gasteiger partial charge < -0.3 is 9.97 Å². The van der Waals surface area contributed by atoms with Gasteiger partial charge in [0.1, 0.15) is 0 Å². The molecule has 6 rings (SSSR count). The summed E-state index contributed by atoms with van der Waals surface area (Å²) in [6.07, 6.45) is 13.2. The smallest absolute Gasteiger partial charge is 0.0476 e. The molecule has 128 valence electrons. The Bertz CT molecular complexity index is 1540. The van der Waals surface area contributed by atoms with Crippen LogP contribution < -0.4 is 21.1 Å². The summed E-state index contributed by atoms with van der Waals surface area (Å²) in [4.78, 5) is 9.66. The molecule has 2 aromatic heterocycles. The van der Waals surface area contributed by atoms with Gasteiger partial charge in [-0.3, -0.25) is 0 Å². The molecule has 0 amide bonds. The van der Waals surface area contributed by atoms with Gasteiger partial charge in [0.2, 0.25) is 0 Å². The molecule has 3 heteroatoms. The van der Waals surface area contributed by atoms with Crippen LogP contribution in [0, 0.1) is 0 Å². The van der Waals surface area contributed by atoms with Crippen LogP contribution >= 0.6 is 11.8 Å². The van der Waals surface area contributed by atoms with E-state index in [4.69, 9.17) is 0 Å². The molecule has 0 aliphatic carbocycles. The van der Waals surface area contributed by atoms with Crippen molar-refractivity contribution in [1.29, 1.82) is 0 Å². The highest BCUT2D eigenvalue weighted by Gasteiger charge is 2.11. The van der Waals surface area contributed by atoms with E-state index in [9.17, 15) is 0 Å². The van der Waals surface area contributed by atoms with Crippen molar-refractivity contribution in [2.75, 3.05) is 0 Å². The normalized spacial score (nSPS) is 15.4. The molecule has 2 aliphatic rings. The number of rotatable bonds is 0. The summed E-state index contributed by atoms with van der Waals surface area (Å²) in [5, 5.41) is 7.38. The van der Waals surface area contributed by atoms with Crippen molar-refractivity contribution in [3.05, 3.63) is 92.8 Å². The fourth-order valence-electron chi connectivity index (χ4n) is 3.96. The van der Waals surface area contributed by atoms with Crippen LogP contribution in [0.3, 0.4) is 0 Å². The summed E-state index contributed by atoms with van der Waals surface area (Å²) in [6.45, 7) is 0. The number of aromatic amines is 2. The van der Waals surface area contributed by atoms with E-state index < -0.39 is 0 Å². The fourth-order valence-corrected chi connectivity index (χ4v) is 5.00. The Labute approximate surface area is 159 Å². The quantitative estimate of drug-likeness (QED) is 0.494. The highest BCUT2D eigenvalue weighted by Crippen LogP contribution is 2.30. The van der Waals surface area contributed by atoms with Crippen molar-refractivity contribution in [3.8, 4) is 0 Å². The van der Waals surface area contributed by atoms with E-state index in [-0.39, 0.29) is 0 Å². The van der Waals surface area contributed by atoms with Gasteiger partial charge in [0, 0.05) is 52.8 Å². The van der Waals surface area contributed by atoms with Gasteiger partial charge in [0.05, 0.1) is 0 Å². The predicted molar refractivity (Wildman–Crippen MR) is 117 cm³/mol. The first-order valence-electron chi connectivity index (χ1n) is 9.04. The van der Waals surface area contributed by atoms with Gasteiger partial charge in [-0.2, -0.15) is 0 Å². The van der Waals surface area contributed by atoms with Gasteiger partial charge >= 0.3 is 0 Å². The first-order valence-corrected chi connectivity index (χ1v) is 9.86. The van der Waals surface area contributed by atoms with Crippen LogP contribution in [0.2, 0.25) is 0 Å². The van der Waals surface area contributed by atoms with E-state index in [2.05, 4.69) is 95.0 Å². The summed E-state index contributed by atoms with van der Waals surface area (Å²) in [7, 11) is 0. The monoisotopic (exact) mass is 364 g/mol. The van der Waals surface area contributed by atoms with Gasteiger partial charge in [-0.15, -0.1) is 0 Å². The number of fused-ring (bicyclic) bond motifs is 8. The zero-order valence-corrected chi connectivity index (χ0v) is 15.3. The van der Waals surface area contributed by atoms with Gasteiger partial charge in [0.25, 0.3) is 0 Å². The van der Waals surface area contributed by atoms with Crippen LogP contribution in [0.25, 0.3) is 44.9 Å². The summed E-state index contributed by atoms with van der Waals surface area (Å²) < 4.78 is 0. The Kier molecular flexibility index (Phi) is 3.13. The van der Waals surface area contributed by atoms with Crippen LogP contribution in [-0.2, 0) is 0 Å². The molecule has 2 aromatic carbocycles. The highest BCUT2D eigenvalue weighted by molar-refractivity contribution is 8.12. The van der Waals surface area contributed by atoms with E-state index in [0.717, 1.165) is 10.7 Å². The largest absolute Gasteiger partial charge is 0.355 e.